The lowest BCUT2D eigenvalue weighted by atomic mass is 10.0. The van der Waals surface area contributed by atoms with Gasteiger partial charge in [-0.3, -0.25) is 4.79 Å². The van der Waals surface area contributed by atoms with E-state index in [2.05, 4.69) is 15.4 Å². The van der Waals surface area contributed by atoms with Crippen LogP contribution in [0.25, 0.3) is 0 Å². The number of rotatable bonds is 7. The molecular formula is C20H23F2N3O3. The summed E-state index contributed by atoms with van der Waals surface area (Å²) in [6.45, 7) is -1.13. The number of hydrogen-bond acceptors (Lipinski definition) is 3. The molecule has 0 aromatic heterocycles. The summed E-state index contributed by atoms with van der Waals surface area (Å²) in [4.78, 5) is 25.9. The molecule has 0 aliphatic rings. The SMILES string of the molecule is CCC(NC(=O)Nc1cccc(C(=O)N(C)C)c1)c1ccccc1OC(F)F. The Labute approximate surface area is 162 Å². The third kappa shape index (κ3) is 5.67. The Morgan fingerprint density at radius 2 is 1.82 bits per heavy atom. The van der Waals surface area contributed by atoms with Crippen LogP contribution in [0.1, 0.15) is 35.3 Å². The Hall–Kier alpha value is -3.16. The van der Waals surface area contributed by atoms with Crippen LogP contribution in [0.2, 0.25) is 0 Å². The second-order valence-electron chi connectivity index (χ2n) is 6.26. The molecule has 6 nitrogen and oxygen atoms in total. The van der Waals surface area contributed by atoms with E-state index in [1.54, 1.807) is 56.6 Å². The summed E-state index contributed by atoms with van der Waals surface area (Å²) in [5, 5.41) is 5.41. The number of ether oxygens (including phenoxy) is 1. The normalized spacial score (nSPS) is 11.6. The molecule has 0 heterocycles. The Morgan fingerprint density at radius 1 is 1.11 bits per heavy atom. The van der Waals surface area contributed by atoms with Crippen LogP contribution in [0.15, 0.2) is 48.5 Å². The number of benzene rings is 2. The minimum atomic E-state index is -2.95. The Morgan fingerprint density at radius 3 is 2.46 bits per heavy atom. The molecule has 28 heavy (non-hydrogen) atoms. The molecule has 0 aliphatic heterocycles. The van der Waals surface area contributed by atoms with E-state index >= 15 is 0 Å². The summed E-state index contributed by atoms with van der Waals surface area (Å²) in [6.07, 6.45) is 0.468. The Balaban J connectivity index is 2.12. The fraction of sp³-hybridized carbons (Fsp3) is 0.300. The number of halogens is 2. The lowest BCUT2D eigenvalue weighted by Gasteiger charge is -2.21. The minimum Gasteiger partial charge on any atom is -0.434 e. The van der Waals surface area contributed by atoms with Gasteiger partial charge in [-0.25, -0.2) is 4.79 Å². The molecule has 2 N–H and O–H groups in total. The number of alkyl halides is 2. The van der Waals surface area contributed by atoms with E-state index in [4.69, 9.17) is 0 Å². The molecule has 0 bridgehead atoms. The zero-order chi connectivity index (χ0) is 20.7. The number of hydrogen-bond donors (Lipinski definition) is 2. The average molecular weight is 391 g/mol. The fourth-order valence-electron chi connectivity index (χ4n) is 2.69. The Bertz CT molecular complexity index is 828. The number of nitrogens with zero attached hydrogens (tertiary/aromatic N) is 1. The third-order valence-corrected chi connectivity index (χ3v) is 4.00. The highest BCUT2D eigenvalue weighted by molar-refractivity contribution is 5.96. The first-order valence-electron chi connectivity index (χ1n) is 8.74. The van der Waals surface area contributed by atoms with Crippen molar-refractivity contribution < 1.29 is 23.1 Å². The Kier molecular flexibility index (Phi) is 7.31. The molecule has 150 valence electrons. The van der Waals surface area contributed by atoms with Gasteiger partial charge < -0.3 is 20.3 Å². The molecule has 0 saturated heterocycles. The highest BCUT2D eigenvalue weighted by atomic mass is 19.3. The number of para-hydroxylation sites is 1. The van der Waals surface area contributed by atoms with Gasteiger partial charge >= 0.3 is 12.6 Å². The van der Waals surface area contributed by atoms with Crippen LogP contribution < -0.4 is 15.4 Å². The number of urea groups is 1. The van der Waals surface area contributed by atoms with E-state index in [0.717, 1.165) is 0 Å². The number of anilines is 1. The van der Waals surface area contributed by atoms with E-state index in [-0.39, 0.29) is 11.7 Å². The molecule has 0 spiro atoms. The van der Waals surface area contributed by atoms with E-state index < -0.39 is 18.7 Å². The highest BCUT2D eigenvalue weighted by Gasteiger charge is 2.19. The van der Waals surface area contributed by atoms with Gasteiger partial charge in [0, 0.05) is 30.9 Å². The van der Waals surface area contributed by atoms with Gasteiger partial charge in [0.25, 0.3) is 5.91 Å². The van der Waals surface area contributed by atoms with E-state index in [1.807, 2.05) is 6.92 Å². The van der Waals surface area contributed by atoms with Crippen molar-refractivity contribution in [3.05, 3.63) is 59.7 Å². The van der Waals surface area contributed by atoms with Gasteiger partial charge in [-0.15, -0.1) is 0 Å². The second kappa shape index (κ2) is 9.68. The van der Waals surface area contributed by atoms with Crippen LogP contribution in [0.4, 0.5) is 19.3 Å². The first-order valence-corrected chi connectivity index (χ1v) is 8.74. The largest absolute Gasteiger partial charge is 0.434 e. The van der Waals surface area contributed by atoms with Gasteiger partial charge in [0.15, 0.2) is 0 Å². The van der Waals surface area contributed by atoms with E-state index in [0.29, 0.717) is 23.2 Å². The van der Waals surface area contributed by atoms with Gasteiger partial charge in [0.2, 0.25) is 0 Å². The number of amides is 3. The van der Waals surface area contributed by atoms with Crippen molar-refractivity contribution in [1.29, 1.82) is 0 Å². The van der Waals surface area contributed by atoms with E-state index in [9.17, 15) is 18.4 Å². The number of carbonyl (C=O) groups excluding carboxylic acids is 2. The fourth-order valence-corrected chi connectivity index (χ4v) is 2.69. The van der Waals surface area contributed by atoms with Crippen molar-refractivity contribution in [2.24, 2.45) is 0 Å². The van der Waals surface area contributed by atoms with Crippen LogP contribution in [0.5, 0.6) is 5.75 Å². The summed E-state index contributed by atoms with van der Waals surface area (Å²) >= 11 is 0. The number of carbonyl (C=O) groups is 2. The zero-order valence-corrected chi connectivity index (χ0v) is 15.9. The maximum Gasteiger partial charge on any atom is 0.387 e. The maximum absolute atomic E-state index is 12.6. The summed E-state index contributed by atoms with van der Waals surface area (Å²) in [5.74, 6) is -0.170. The highest BCUT2D eigenvalue weighted by Crippen LogP contribution is 2.28. The van der Waals surface area contributed by atoms with Gasteiger partial charge in [-0.2, -0.15) is 8.78 Å². The van der Waals surface area contributed by atoms with Crippen molar-refractivity contribution >= 4 is 17.6 Å². The van der Waals surface area contributed by atoms with Gasteiger partial charge in [0.1, 0.15) is 5.75 Å². The van der Waals surface area contributed by atoms with Crippen LogP contribution in [-0.4, -0.2) is 37.5 Å². The molecule has 1 atom stereocenters. The molecule has 0 fully saturated rings. The lowest BCUT2D eigenvalue weighted by Crippen LogP contribution is -2.32. The van der Waals surface area contributed by atoms with Gasteiger partial charge in [0.05, 0.1) is 6.04 Å². The van der Waals surface area contributed by atoms with Gasteiger partial charge in [-0.05, 0) is 30.7 Å². The van der Waals surface area contributed by atoms with Crippen molar-refractivity contribution in [2.75, 3.05) is 19.4 Å². The molecule has 1 unspecified atom stereocenters. The molecule has 8 heteroatoms. The van der Waals surface area contributed by atoms with Crippen LogP contribution in [0, 0.1) is 0 Å². The molecule has 2 rings (SSSR count). The summed E-state index contributed by atoms with van der Waals surface area (Å²) < 4.78 is 29.8. The van der Waals surface area contributed by atoms with Crippen LogP contribution in [-0.2, 0) is 0 Å². The number of nitrogens with one attached hydrogen (secondary N) is 2. The summed E-state index contributed by atoms with van der Waals surface area (Å²) in [5.41, 5.74) is 1.33. The van der Waals surface area contributed by atoms with Crippen molar-refractivity contribution in [2.45, 2.75) is 26.0 Å². The summed E-state index contributed by atoms with van der Waals surface area (Å²) in [7, 11) is 3.28. The van der Waals surface area contributed by atoms with Crippen molar-refractivity contribution in [1.82, 2.24) is 10.2 Å². The van der Waals surface area contributed by atoms with E-state index in [1.165, 1.54) is 11.0 Å². The third-order valence-electron chi connectivity index (χ3n) is 4.00. The predicted molar refractivity (Wildman–Crippen MR) is 103 cm³/mol. The molecular weight excluding hydrogens is 368 g/mol. The van der Waals surface area contributed by atoms with Gasteiger partial charge in [-0.1, -0.05) is 31.2 Å². The molecule has 3 amide bonds. The maximum atomic E-state index is 12.6. The quantitative estimate of drug-likeness (QED) is 0.741. The predicted octanol–water partition coefficient (Wildman–Crippen LogP) is 4.26. The molecule has 2 aromatic rings. The average Bonchev–Trinajstić information content (AvgIpc) is 2.65. The molecule has 2 aromatic carbocycles. The van der Waals surface area contributed by atoms with Crippen LogP contribution in [0.3, 0.4) is 0 Å². The molecule has 0 radical (unpaired) electrons. The monoisotopic (exact) mass is 391 g/mol. The lowest BCUT2D eigenvalue weighted by molar-refractivity contribution is -0.0506. The summed E-state index contributed by atoms with van der Waals surface area (Å²) in [6, 6.07) is 11.8. The smallest absolute Gasteiger partial charge is 0.387 e. The van der Waals surface area contributed by atoms with Crippen molar-refractivity contribution in [3.63, 3.8) is 0 Å². The second-order valence-corrected chi connectivity index (χ2v) is 6.26. The minimum absolute atomic E-state index is 0.0169. The van der Waals surface area contributed by atoms with Crippen LogP contribution >= 0.6 is 0 Å². The molecule has 0 saturated carbocycles. The standard InChI is InChI=1S/C20H23F2N3O3/c1-4-16(15-10-5-6-11-17(15)28-19(21)22)24-20(27)23-14-9-7-8-13(12-14)18(26)25(2)3/h5-12,16,19H,4H2,1-3H3,(H2,23,24,27). The van der Waals surface area contributed by atoms with Crippen molar-refractivity contribution in [3.8, 4) is 5.75 Å². The first-order chi connectivity index (χ1) is 13.3. The first kappa shape index (κ1) is 21.1. The molecule has 0 aliphatic carbocycles. The zero-order valence-electron chi connectivity index (χ0n) is 15.9. The topological polar surface area (TPSA) is 70.7 Å².